The van der Waals surface area contributed by atoms with Gasteiger partial charge in [-0.15, -0.1) is 0 Å². The van der Waals surface area contributed by atoms with E-state index in [1.165, 1.54) is 23.4 Å². The fourth-order valence-corrected chi connectivity index (χ4v) is 5.12. The lowest BCUT2D eigenvalue weighted by Gasteiger charge is -2.23. The Morgan fingerprint density at radius 2 is 1.91 bits per heavy atom. The molecule has 0 unspecified atom stereocenters. The smallest absolute Gasteiger partial charge is 0.161 e. The molecule has 0 spiro atoms. The minimum Gasteiger partial charge on any atom is -0.370 e. The zero-order valence-corrected chi connectivity index (χ0v) is 18.9. The largest absolute Gasteiger partial charge is 0.370 e. The van der Waals surface area contributed by atoms with E-state index in [2.05, 4.69) is 75.8 Å². The molecule has 0 radical (unpaired) electrons. The summed E-state index contributed by atoms with van der Waals surface area (Å²) in [5, 5.41) is 9.11. The van der Waals surface area contributed by atoms with Crippen LogP contribution < -0.4 is 4.90 Å². The van der Waals surface area contributed by atoms with Gasteiger partial charge in [-0.3, -0.25) is 4.57 Å². The molecule has 0 aliphatic carbocycles. The van der Waals surface area contributed by atoms with Crippen LogP contribution in [0.1, 0.15) is 17.5 Å². The lowest BCUT2D eigenvalue weighted by Crippen LogP contribution is -2.31. The molecule has 6 heteroatoms. The van der Waals surface area contributed by atoms with Gasteiger partial charge in [-0.05, 0) is 68.0 Å². The van der Waals surface area contributed by atoms with E-state index in [-0.39, 0.29) is 0 Å². The highest BCUT2D eigenvalue weighted by Gasteiger charge is 2.26. The molecule has 164 valence electrons. The Bertz CT molecular complexity index is 1370. The van der Waals surface area contributed by atoms with Crippen LogP contribution in [0.15, 0.2) is 67.1 Å². The highest BCUT2D eigenvalue weighted by atomic mass is 15.2. The standard InChI is InChI=1S/C27H26N6/c1-30(2)24-9-11-31(18-24)23-7-8-25-22(13-23)17-32-16-21(20-5-3-19(15-28)4-6-20)14-26(32)27-29-10-12-33(25)27/h3-8,10,12-14,16,24H,9,11,17-18H2,1-2H3/t24-/m1/s1. The molecule has 2 aromatic heterocycles. The Morgan fingerprint density at radius 3 is 2.67 bits per heavy atom. The summed E-state index contributed by atoms with van der Waals surface area (Å²) in [6.45, 7) is 2.96. The number of anilines is 1. The molecule has 2 aliphatic heterocycles. The van der Waals surface area contributed by atoms with Crippen LogP contribution in [-0.2, 0) is 6.54 Å². The number of hydrogen-bond donors (Lipinski definition) is 0. The molecule has 1 saturated heterocycles. The number of nitrogens with zero attached hydrogens (tertiary/aromatic N) is 6. The van der Waals surface area contributed by atoms with E-state index >= 15 is 0 Å². The Morgan fingerprint density at radius 1 is 1.06 bits per heavy atom. The zero-order valence-electron chi connectivity index (χ0n) is 18.9. The molecule has 2 aromatic carbocycles. The summed E-state index contributed by atoms with van der Waals surface area (Å²) >= 11 is 0. The third-order valence-corrected chi connectivity index (χ3v) is 7.04. The van der Waals surface area contributed by atoms with Gasteiger partial charge in [-0.25, -0.2) is 4.98 Å². The van der Waals surface area contributed by atoms with Crippen molar-refractivity contribution < 1.29 is 0 Å². The van der Waals surface area contributed by atoms with Crippen LogP contribution in [0.3, 0.4) is 0 Å². The number of fused-ring (bicyclic) bond motifs is 5. The second-order valence-electron chi connectivity index (χ2n) is 9.22. The molecule has 2 aliphatic rings. The van der Waals surface area contributed by atoms with Crippen molar-refractivity contribution in [3.8, 4) is 34.4 Å². The maximum Gasteiger partial charge on any atom is 0.161 e. The zero-order chi connectivity index (χ0) is 22.5. The van der Waals surface area contributed by atoms with Gasteiger partial charge >= 0.3 is 0 Å². The second-order valence-corrected chi connectivity index (χ2v) is 9.22. The molecule has 0 N–H and O–H groups in total. The van der Waals surface area contributed by atoms with Crippen molar-refractivity contribution in [3.05, 3.63) is 78.2 Å². The van der Waals surface area contributed by atoms with E-state index in [0.29, 0.717) is 11.6 Å². The van der Waals surface area contributed by atoms with Crippen molar-refractivity contribution in [2.45, 2.75) is 19.0 Å². The molecule has 0 bridgehead atoms. The fraction of sp³-hybridized carbons (Fsp3) is 0.259. The van der Waals surface area contributed by atoms with Crippen LogP contribution in [0.5, 0.6) is 0 Å². The van der Waals surface area contributed by atoms with Crippen LogP contribution in [0, 0.1) is 11.3 Å². The van der Waals surface area contributed by atoms with Gasteiger partial charge in [0, 0.05) is 55.5 Å². The van der Waals surface area contributed by atoms with Crippen LogP contribution in [0.25, 0.3) is 28.3 Å². The third-order valence-electron chi connectivity index (χ3n) is 7.04. The maximum atomic E-state index is 9.11. The molecule has 4 heterocycles. The summed E-state index contributed by atoms with van der Waals surface area (Å²) < 4.78 is 4.50. The van der Waals surface area contributed by atoms with Crippen molar-refractivity contribution in [2.24, 2.45) is 0 Å². The summed E-state index contributed by atoms with van der Waals surface area (Å²) in [6, 6.07) is 19.6. The Labute approximate surface area is 193 Å². The van der Waals surface area contributed by atoms with Crippen LogP contribution >= 0.6 is 0 Å². The third kappa shape index (κ3) is 3.33. The maximum absolute atomic E-state index is 9.11. The van der Waals surface area contributed by atoms with E-state index in [1.807, 2.05) is 30.5 Å². The number of likely N-dealkylation sites (N-methyl/N-ethyl adjacent to an activating group) is 1. The number of benzene rings is 2. The van der Waals surface area contributed by atoms with E-state index in [4.69, 9.17) is 10.2 Å². The van der Waals surface area contributed by atoms with E-state index in [0.717, 1.165) is 42.3 Å². The first-order valence-corrected chi connectivity index (χ1v) is 11.4. The molecule has 0 saturated carbocycles. The predicted molar refractivity (Wildman–Crippen MR) is 131 cm³/mol. The Hall–Kier alpha value is -3.82. The van der Waals surface area contributed by atoms with Gasteiger partial charge in [-0.2, -0.15) is 5.26 Å². The SMILES string of the molecule is CN(C)[C@@H]1CCN(c2ccc3c(c2)Cn2cc(-c4ccc(C#N)cc4)cc2-c2nccn2-3)C1. The summed E-state index contributed by atoms with van der Waals surface area (Å²) in [4.78, 5) is 9.54. The average Bonchev–Trinajstić information content (AvgIpc) is 3.58. The first kappa shape index (κ1) is 19.8. The molecule has 1 fully saturated rings. The first-order chi connectivity index (χ1) is 16.1. The number of hydrogen-bond acceptors (Lipinski definition) is 4. The van der Waals surface area contributed by atoms with Gasteiger partial charge in [0.25, 0.3) is 0 Å². The fourth-order valence-electron chi connectivity index (χ4n) is 5.12. The van der Waals surface area contributed by atoms with Crippen molar-refractivity contribution in [1.29, 1.82) is 5.26 Å². The van der Waals surface area contributed by atoms with Gasteiger partial charge in [-0.1, -0.05) is 12.1 Å². The quantitative estimate of drug-likeness (QED) is 0.423. The highest BCUT2D eigenvalue weighted by molar-refractivity contribution is 5.72. The van der Waals surface area contributed by atoms with Crippen LogP contribution in [-0.4, -0.2) is 52.2 Å². The van der Waals surface area contributed by atoms with E-state index in [1.54, 1.807) is 0 Å². The van der Waals surface area contributed by atoms with Crippen molar-refractivity contribution in [1.82, 2.24) is 19.0 Å². The lowest BCUT2D eigenvalue weighted by molar-refractivity contribution is 0.315. The Kier molecular flexibility index (Phi) is 4.60. The van der Waals surface area contributed by atoms with Crippen molar-refractivity contribution in [2.75, 3.05) is 32.1 Å². The van der Waals surface area contributed by atoms with Crippen molar-refractivity contribution in [3.63, 3.8) is 0 Å². The number of rotatable bonds is 3. The number of imidazole rings is 1. The predicted octanol–water partition coefficient (Wildman–Crippen LogP) is 4.38. The lowest BCUT2D eigenvalue weighted by atomic mass is 10.1. The monoisotopic (exact) mass is 434 g/mol. The van der Waals surface area contributed by atoms with Gasteiger partial charge in [0.2, 0.25) is 0 Å². The van der Waals surface area contributed by atoms with Crippen LogP contribution in [0.2, 0.25) is 0 Å². The van der Waals surface area contributed by atoms with Gasteiger partial charge in [0.05, 0.1) is 23.0 Å². The normalized spacial score (nSPS) is 16.8. The first-order valence-electron chi connectivity index (χ1n) is 11.4. The molecule has 4 aromatic rings. The summed E-state index contributed by atoms with van der Waals surface area (Å²) in [5.74, 6) is 0.954. The number of nitriles is 1. The minimum absolute atomic E-state index is 0.607. The Balaban J connectivity index is 1.40. The minimum atomic E-state index is 0.607. The van der Waals surface area contributed by atoms with E-state index in [9.17, 15) is 0 Å². The molecular weight excluding hydrogens is 408 g/mol. The van der Waals surface area contributed by atoms with E-state index < -0.39 is 0 Å². The van der Waals surface area contributed by atoms with Gasteiger partial charge in [0.1, 0.15) is 0 Å². The molecule has 6 rings (SSSR count). The molecule has 1 atom stereocenters. The van der Waals surface area contributed by atoms with Gasteiger partial charge < -0.3 is 14.4 Å². The van der Waals surface area contributed by atoms with Crippen LogP contribution in [0.4, 0.5) is 5.69 Å². The van der Waals surface area contributed by atoms with Crippen molar-refractivity contribution >= 4 is 5.69 Å². The molecule has 33 heavy (non-hydrogen) atoms. The summed E-state index contributed by atoms with van der Waals surface area (Å²) in [7, 11) is 4.34. The highest BCUT2D eigenvalue weighted by Crippen LogP contribution is 2.35. The average molecular weight is 435 g/mol. The summed E-state index contributed by atoms with van der Waals surface area (Å²) in [5.41, 5.74) is 7.80. The summed E-state index contributed by atoms with van der Waals surface area (Å²) in [6.07, 6.45) is 7.33. The van der Waals surface area contributed by atoms with Gasteiger partial charge in [0.15, 0.2) is 5.82 Å². The number of aromatic nitrogens is 3. The molecular formula is C27H26N6. The second kappa shape index (κ2) is 7.65. The molecule has 0 amide bonds. The molecule has 6 nitrogen and oxygen atoms in total. The topological polar surface area (TPSA) is 53.0 Å².